The summed E-state index contributed by atoms with van der Waals surface area (Å²) in [6.45, 7) is 4.51. The topological polar surface area (TPSA) is 66.8 Å². The van der Waals surface area contributed by atoms with Gasteiger partial charge in [0.15, 0.2) is 0 Å². The van der Waals surface area contributed by atoms with E-state index in [1.165, 1.54) is 4.90 Å². The smallest absolute Gasteiger partial charge is 0.409 e. The minimum Gasteiger partial charge on any atom is -0.481 e. The van der Waals surface area contributed by atoms with E-state index in [2.05, 4.69) is 0 Å². The van der Waals surface area contributed by atoms with Crippen molar-refractivity contribution >= 4 is 12.1 Å². The van der Waals surface area contributed by atoms with Crippen LogP contribution in [0.5, 0.6) is 0 Å². The molecule has 5 nitrogen and oxygen atoms in total. The first-order valence-corrected chi connectivity index (χ1v) is 4.64. The number of rotatable bonds is 4. The Balaban J connectivity index is 2.64. The third kappa shape index (κ3) is 1.97. The maximum Gasteiger partial charge on any atom is 0.409 e. The fourth-order valence-corrected chi connectivity index (χ4v) is 1.32. The van der Waals surface area contributed by atoms with Crippen molar-refractivity contribution in [2.24, 2.45) is 5.41 Å². The van der Waals surface area contributed by atoms with Crippen LogP contribution >= 0.6 is 0 Å². The molecular weight excluding hydrogens is 186 g/mol. The van der Waals surface area contributed by atoms with Crippen LogP contribution in [-0.4, -0.2) is 41.8 Å². The van der Waals surface area contributed by atoms with Gasteiger partial charge < -0.3 is 14.7 Å². The van der Waals surface area contributed by atoms with E-state index in [0.717, 1.165) is 0 Å². The Bertz CT molecular complexity index is 253. The first-order chi connectivity index (χ1) is 6.49. The Kier molecular flexibility index (Phi) is 2.98. The minimum atomic E-state index is -0.875. The highest BCUT2D eigenvalue weighted by Crippen LogP contribution is 2.24. The van der Waals surface area contributed by atoms with Gasteiger partial charge in [-0.3, -0.25) is 4.79 Å². The van der Waals surface area contributed by atoms with Crippen LogP contribution in [0.2, 0.25) is 0 Å². The SMILES string of the molecule is CCC(C)(CN1CCOC1=O)C(=O)O. The lowest BCUT2D eigenvalue weighted by atomic mass is 9.87. The van der Waals surface area contributed by atoms with Crippen LogP contribution in [-0.2, 0) is 9.53 Å². The Morgan fingerprint density at radius 1 is 1.71 bits per heavy atom. The molecule has 0 aromatic rings. The molecule has 0 saturated carbocycles. The lowest BCUT2D eigenvalue weighted by molar-refractivity contribution is -0.148. The van der Waals surface area contributed by atoms with Crippen molar-refractivity contribution in [2.75, 3.05) is 19.7 Å². The van der Waals surface area contributed by atoms with E-state index in [-0.39, 0.29) is 6.54 Å². The molecule has 1 atom stereocenters. The van der Waals surface area contributed by atoms with E-state index in [1.807, 2.05) is 0 Å². The molecule has 1 aliphatic rings. The molecule has 80 valence electrons. The number of hydrogen-bond donors (Lipinski definition) is 1. The molecule has 0 aromatic heterocycles. The van der Waals surface area contributed by atoms with E-state index in [9.17, 15) is 9.59 Å². The molecule has 1 fully saturated rings. The van der Waals surface area contributed by atoms with E-state index < -0.39 is 17.5 Å². The fraction of sp³-hybridized carbons (Fsp3) is 0.778. The van der Waals surface area contributed by atoms with Gasteiger partial charge >= 0.3 is 12.1 Å². The third-order valence-corrected chi connectivity index (χ3v) is 2.68. The number of aliphatic carboxylic acids is 1. The first-order valence-electron chi connectivity index (χ1n) is 4.64. The van der Waals surface area contributed by atoms with Crippen LogP contribution in [0.3, 0.4) is 0 Å². The highest BCUT2D eigenvalue weighted by Gasteiger charge is 2.36. The summed E-state index contributed by atoms with van der Waals surface area (Å²) >= 11 is 0. The number of carbonyl (C=O) groups excluding carboxylic acids is 1. The molecule has 1 amide bonds. The highest BCUT2D eigenvalue weighted by atomic mass is 16.6. The largest absolute Gasteiger partial charge is 0.481 e. The van der Waals surface area contributed by atoms with Crippen LogP contribution in [0.1, 0.15) is 20.3 Å². The molecule has 1 rings (SSSR count). The summed E-state index contributed by atoms with van der Waals surface area (Å²) in [7, 11) is 0. The molecule has 0 bridgehead atoms. The van der Waals surface area contributed by atoms with Gasteiger partial charge in [-0.05, 0) is 13.3 Å². The summed E-state index contributed by atoms with van der Waals surface area (Å²) in [5.74, 6) is -0.875. The lowest BCUT2D eigenvalue weighted by Crippen LogP contribution is -2.41. The van der Waals surface area contributed by atoms with Gasteiger partial charge in [-0.25, -0.2) is 4.79 Å². The number of ether oxygens (including phenoxy) is 1. The maximum absolute atomic E-state index is 11.1. The van der Waals surface area contributed by atoms with Crippen molar-refractivity contribution in [1.29, 1.82) is 0 Å². The summed E-state index contributed by atoms with van der Waals surface area (Å²) < 4.78 is 4.73. The van der Waals surface area contributed by atoms with Crippen LogP contribution in [0.4, 0.5) is 4.79 Å². The summed E-state index contributed by atoms with van der Waals surface area (Å²) in [6, 6.07) is 0. The maximum atomic E-state index is 11.1. The van der Waals surface area contributed by atoms with Crippen LogP contribution in [0.15, 0.2) is 0 Å². The van der Waals surface area contributed by atoms with Crippen molar-refractivity contribution in [1.82, 2.24) is 4.90 Å². The van der Waals surface area contributed by atoms with E-state index >= 15 is 0 Å². The molecule has 1 saturated heterocycles. The number of amides is 1. The predicted octanol–water partition coefficient (Wildman–Crippen LogP) is 0.940. The summed E-state index contributed by atoms with van der Waals surface area (Å²) in [4.78, 5) is 23.5. The van der Waals surface area contributed by atoms with Gasteiger partial charge in [0.25, 0.3) is 0 Å². The number of carboxylic acid groups (broad SMARTS) is 1. The van der Waals surface area contributed by atoms with Gasteiger partial charge in [0, 0.05) is 6.54 Å². The van der Waals surface area contributed by atoms with Gasteiger partial charge in [0.2, 0.25) is 0 Å². The second kappa shape index (κ2) is 3.86. The highest BCUT2D eigenvalue weighted by molar-refractivity contribution is 5.76. The lowest BCUT2D eigenvalue weighted by Gasteiger charge is -2.27. The quantitative estimate of drug-likeness (QED) is 0.735. The van der Waals surface area contributed by atoms with E-state index in [0.29, 0.717) is 19.6 Å². The van der Waals surface area contributed by atoms with E-state index in [1.54, 1.807) is 13.8 Å². The van der Waals surface area contributed by atoms with Crippen molar-refractivity contribution in [3.8, 4) is 0 Å². The molecule has 5 heteroatoms. The first kappa shape index (κ1) is 10.8. The van der Waals surface area contributed by atoms with Crippen molar-refractivity contribution in [2.45, 2.75) is 20.3 Å². The van der Waals surface area contributed by atoms with E-state index in [4.69, 9.17) is 9.84 Å². The minimum absolute atomic E-state index is 0.220. The van der Waals surface area contributed by atoms with Crippen LogP contribution in [0, 0.1) is 5.41 Å². The molecular formula is C9H15NO4. The van der Waals surface area contributed by atoms with Gasteiger partial charge in [0.1, 0.15) is 6.61 Å². The molecule has 1 aliphatic heterocycles. The van der Waals surface area contributed by atoms with Gasteiger partial charge in [0.05, 0.1) is 12.0 Å². The summed E-state index contributed by atoms with van der Waals surface area (Å²) in [6.07, 6.45) is 0.0810. The van der Waals surface area contributed by atoms with Crippen molar-refractivity contribution in [3.63, 3.8) is 0 Å². The fourth-order valence-electron chi connectivity index (χ4n) is 1.32. The van der Waals surface area contributed by atoms with Crippen molar-refractivity contribution in [3.05, 3.63) is 0 Å². The van der Waals surface area contributed by atoms with Crippen LogP contribution in [0.25, 0.3) is 0 Å². The number of carboxylic acids is 1. The average molecular weight is 201 g/mol. The van der Waals surface area contributed by atoms with Crippen molar-refractivity contribution < 1.29 is 19.4 Å². The van der Waals surface area contributed by atoms with Gasteiger partial charge in [-0.1, -0.05) is 6.92 Å². The standard InChI is InChI=1S/C9H15NO4/c1-3-9(2,7(11)12)6-10-4-5-14-8(10)13/h3-6H2,1-2H3,(H,11,12). The molecule has 1 N–H and O–H groups in total. The molecule has 1 heterocycles. The molecule has 0 aromatic carbocycles. The average Bonchev–Trinajstić information content (AvgIpc) is 2.51. The molecule has 0 spiro atoms. The second-order valence-electron chi connectivity index (χ2n) is 3.76. The van der Waals surface area contributed by atoms with Gasteiger partial charge in [-0.2, -0.15) is 0 Å². The summed E-state index contributed by atoms with van der Waals surface area (Å²) in [5, 5.41) is 9.00. The second-order valence-corrected chi connectivity index (χ2v) is 3.76. The molecule has 14 heavy (non-hydrogen) atoms. The number of carbonyl (C=O) groups is 2. The Hall–Kier alpha value is -1.26. The predicted molar refractivity (Wildman–Crippen MR) is 49.0 cm³/mol. The molecule has 0 radical (unpaired) electrons. The monoisotopic (exact) mass is 201 g/mol. The Labute approximate surface area is 82.6 Å². The number of cyclic esters (lactones) is 1. The Morgan fingerprint density at radius 3 is 2.71 bits per heavy atom. The molecule has 1 unspecified atom stereocenters. The van der Waals surface area contributed by atoms with Crippen LogP contribution < -0.4 is 0 Å². The normalized spacial score (nSPS) is 20.4. The zero-order valence-electron chi connectivity index (χ0n) is 8.45. The zero-order valence-corrected chi connectivity index (χ0v) is 8.45. The summed E-state index contributed by atoms with van der Waals surface area (Å²) in [5.41, 5.74) is -0.872. The third-order valence-electron chi connectivity index (χ3n) is 2.68. The molecule has 0 aliphatic carbocycles. The van der Waals surface area contributed by atoms with Gasteiger partial charge in [-0.15, -0.1) is 0 Å². The number of nitrogens with zero attached hydrogens (tertiary/aromatic N) is 1. The number of hydrogen-bond acceptors (Lipinski definition) is 3. The Morgan fingerprint density at radius 2 is 2.36 bits per heavy atom. The zero-order chi connectivity index (χ0) is 10.8.